The second-order valence-electron chi connectivity index (χ2n) is 3.24. The van der Waals surface area contributed by atoms with Crippen molar-refractivity contribution >= 4 is 23.7 Å². The van der Waals surface area contributed by atoms with Gasteiger partial charge in [0, 0.05) is 11.4 Å². The number of nitrogens with two attached hydrogens (primary N) is 1. The summed E-state index contributed by atoms with van der Waals surface area (Å²) < 4.78 is 0. The van der Waals surface area contributed by atoms with E-state index in [0.29, 0.717) is 6.54 Å². The first kappa shape index (κ1) is 12.2. The largest absolute Gasteiger partial charge is 0.326 e. The highest BCUT2D eigenvalue weighted by Gasteiger charge is 2.02. The SMILES string of the molecule is Cl.NCc1sccc1Cc1ccccc1. The van der Waals surface area contributed by atoms with Gasteiger partial charge in [-0.15, -0.1) is 23.7 Å². The Labute approximate surface area is 100 Å². The average Bonchev–Trinajstić information content (AvgIpc) is 2.67. The van der Waals surface area contributed by atoms with Crippen molar-refractivity contribution in [1.82, 2.24) is 0 Å². The van der Waals surface area contributed by atoms with Crippen LogP contribution < -0.4 is 5.73 Å². The fraction of sp³-hybridized carbons (Fsp3) is 0.167. The fourth-order valence-corrected chi connectivity index (χ4v) is 2.30. The molecule has 0 unspecified atom stereocenters. The van der Waals surface area contributed by atoms with E-state index < -0.39 is 0 Å². The molecule has 0 saturated carbocycles. The first-order valence-electron chi connectivity index (χ1n) is 4.69. The lowest BCUT2D eigenvalue weighted by atomic mass is 10.1. The summed E-state index contributed by atoms with van der Waals surface area (Å²) in [7, 11) is 0. The van der Waals surface area contributed by atoms with Crippen LogP contribution >= 0.6 is 23.7 Å². The number of benzene rings is 1. The molecule has 2 rings (SSSR count). The van der Waals surface area contributed by atoms with Crippen LogP contribution in [0.5, 0.6) is 0 Å². The molecule has 2 N–H and O–H groups in total. The Kier molecular flexibility index (Phi) is 4.82. The molecule has 0 bridgehead atoms. The number of halogens is 1. The van der Waals surface area contributed by atoms with Crippen LogP contribution in [0.15, 0.2) is 41.8 Å². The summed E-state index contributed by atoms with van der Waals surface area (Å²) in [4.78, 5) is 1.30. The summed E-state index contributed by atoms with van der Waals surface area (Å²) in [6.07, 6.45) is 0.997. The molecule has 80 valence electrons. The van der Waals surface area contributed by atoms with Gasteiger partial charge in [0.15, 0.2) is 0 Å². The number of hydrogen-bond donors (Lipinski definition) is 1. The fourth-order valence-electron chi connectivity index (χ4n) is 1.52. The van der Waals surface area contributed by atoms with Crippen molar-refractivity contribution in [1.29, 1.82) is 0 Å². The zero-order chi connectivity index (χ0) is 9.80. The lowest BCUT2D eigenvalue weighted by Gasteiger charge is -2.01. The molecule has 1 heterocycles. The molecule has 0 spiro atoms. The van der Waals surface area contributed by atoms with Gasteiger partial charge in [0.1, 0.15) is 0 Å². The Hall–Kier alpha value is -0.830. The van der Waals surface area contributed by atoms with Crippen LogP contribution in [0, 0.1) is 0 Å². The minimum absolute atomic E-state index is 0. The van der Waals surface area contributed by atoms with Crippen LogP contribution in [-0.4, -0.2) is 0 Å². The van der Waals surface area contributed by atoms with Gasteiger partial charge >= 0.3 is 0 Å². The lowest BCUT2D eigenvalue weighted by molar-refractivity contribution is 1.06. The highest BCUT2D eigenvalue weighted by Crippen LogP contribution is 2.19. The summed E-state index contributed by atoms with van der Waals surface area (Å²) in [5.74, 6) is 0. The minimum Gasteiger partial charge on any atom is -0.326 e. The van der Waals surface area contributed by atoms with Crippen LogP contribution in [0.25, 0.3) is 0 Å². The predicted octanol–water partition coefficient (Wildman–Crippen LogP) is 3.22. The van der Waals surface area contributed by atoms with E-state index in [-0.39, 0.29) is 12.4 Å². The molecule has 0 amide bonds. The number of rotatable bonds is 3. The van der Waals surface area contributed by atoms with Gasteiger partial charge in [0.25, 0.3) is 0 Å². The smallest absolute Gasteiger partial charge is 0.0276 e. The Bertz CT molecular complexity index is 397. The van der Waals surface area contributed by atoms with Gasteiger partial charge < -0.3 is 5.73 Å². The topological polar surface area (TPSA) is 26.0 Å². The first-order valence-corrected chi connectivity index (χ1v) is 5.57. The molecule has 1 aromatic heterocycles. The van der Waals surface area contributed by atoms with E-state index in [1.165, 1.54) is 16.0 Å². The molecule has 0 aliphatic heterocycles. The van der Waals surface area contributed by atoms with E-state index in [9.17, 15) is 0 Å². The van der Waals surface area contributed by atoms with Crippen molar-refractivity contribution < 1.29 is 0 Å². The first-order chi connectivity index (χ1) is 6.90. The van der Waals surface area contributed by atoms with Gasteiger partial charge in [-0.2, -0.15) is 0 Å². The van der Waals surface area contributed by atoms with Gasteiger partial charge in [-0.25, -0.2) is 0 Å². The van der Waals surface area contributed by atoms with Gasteiger partial charge in [0.2, 0.25) is 0 Å². The lowest BCUT2D eigenvalue weighted by Crippen LogP contribution is -1.97. The molecule has 0 atom stereocenters. The van der Waals surface area contributed by atoms with E-state index in [4.69, 9.17) is 5.73 Å². The van der Waals surface area contributed by atoms with Gasteiger partial charge in [-0.1, -0.05) is 30.3 Å². The van der Waals surface area contributed by atoms with Crippen LogP contribution in [0.1, 0.15) is 16.0 Å². The van der Waals surface area contributed by atoms with Crippen molar-refractivity contribution in [3.8, 4) is 0 Å². The summed E-state index contributed by atoms with van der Waals surface area (Å²) in [6, 6.07) is 12.7. The molecule has 2 aromatic rings. The van der Waals surface area contributed by atoms with Crippen molar-refractivity contribution in [3.63, 3.8) is 0 Å². The summed E-state index contributed by atoms with van der Waals surface area (Å²) in [5, 5.41) is 2.11. The second kappa shape index (κ2) is 5.91. The Morgan fingerprint density at radius 1 is 1.07 bits per heavy atom. The maximum Gasteiger partial charge on any atom is 0.0276 e. The molecular weight excluding hydrogens is 226 g/mol. The van der Waals surface area contributed by atoms with Crippen molar-refractivity contribution in [2.24, 2.45) is 5.73 Å². The van der Waals surface area contributed by atoms with Crippen LogP contribution in [0.2, 0.25) is 0 Å². The summed E-state index contributed by atoms with van der Waals surface area (Å²) in [6.45, 7) is 0.653. The predicted molar refractivity (Wildman–Crippen MR) is 68.7 cm³/mol. The van der Waals surface area contributed by atoms with Crippen LogP contribution in [0.4, 0.5) is 0 Å². The third kappa shape index (κ3) is 3.06. The summed E-state index contributed by atoms with van der Waals surface area (Å²) in [5.41, 5.74) is 8.37. The Morgan fingerprint density at radius 2 is 1.80 bits per heavy atom. The van der Waals surface area contributed by atoms with E-state index >= 15 is 0 Å². The third-order valence-corrected chi connectivity index (χ3v) is 3.25. The molecule has 15 heavy (non-hydrogen) atoms. The summed E-state index contributed by atoms with van der Waals surface area (Å²) >= 11 is 1.74. The molecule has 1 aromatic carbocycles. The van der Waals surface area contributed by atoms with E-state index in [0.717, 1.165) is 6.42 Å². The molecule has 0 aliphatic carbocycles. The molecular formula is C12H14ClNS. The van der Waals surface area contributed by atoms with Crippen molar-refractivity contribution in [2.75, 3.05) is 0 Å². The normalized spacial score (nSPS) is 9.67. The van der Waals surface area contributed by atoms with Gasteiger partial charge in [-0.05, 0) is 29.0 Å². The van der Waals surface area contributed by atoms with E-state index in [2.05, 4.69) is 35.7 Å². The third-order valence-electron chi connectivity index (χ3n) is 2.26. The number of thiophene rings is 1. The Balaban J connectivity index is 0.00000112. The van der Waals surface area contributed by atoms with E-state index in [1.807, 2.05) is 6.07 Å². The maximum absolute atomic E-state index is 5.66. The maximum atomic E-state index is 5.66. The highest BCUT2D eigenvalue weighted by molar-refractivity contribution is 7.10. The highest BCUT2D eigenvalue weighted by atomic mass is 35.5. The van der Waals surface area contributed by atoms with Crippen molar-refractivity contribution in [3.05, 3.63) is 57.8 Å². The Morgan fingerprint density at radius 3 is 2.47 bits per heavy atom. The molecule has 3 heteroatoms. The zero-order valence-electron chi connectivity index (χ0n) is 8.35. The van der Waals surface area contributed by atoms with Gasteiger partial charge in [-0.3, -0.25) is 0 Å². The van der Waals surface area contributed by atoms with Crippen molar-refractivity contribution in [2.45, 2.75) is 13.0 Å². The van der Waals surface area contributed by atoms with E-state index in [1.54, 1.807) is 11.3 Å². The minimum atomic E-state index is 0. The molecule has 1 nitrogen and oxygen atoms in total. The monoisotopic (exact) mass is 239 g/mol. The molecule has 0 aliphatic rings. The second-order valence-corrected chi connectivity index (χ2v) is 4.24. The van der Waals surface area contributed by atoms with Crippen LogP contribution in [-0.2, 0) is 13.0 Å². The van der Waals surface area contributed by atoms with Crippen LogP contribution in [0.3, 0.4) is 0 Å². The zero-order valence-corrected chi connectivity index (χ0v) is 9.98. The molecule has 0 radical (unpaired) electrons. The quantitative estimate of drug-likeness (QED) is 0.875. The average molecular weight is 240 g/mol. The number of hydrogen-bond acceptors (Lipinski definition) is 2. The molecule has 0 saturated heterocycles. The molecule has 0 fully saturated rings. The van der Waals surface area contributed by atoms with Gasteiger partial charge in [0.05, 0.1) is 0 Å². The standard InChI is InChI=1S/C12H13NS.ClH/c13-9-12-11(6-7-14-12)8-10-4-2-1-3-5-10;/h1-7H,8-9,13H2;1H.